The standard InChI is InChI=1S/C12H14N4O2S/c13-8-2-1-5-15(7-8)12-14-10-6-9(16(17)18)3-4-11(10)19-12/h3-4,6,8H,1-2,5,7,13H2/t8-/m0/s1. The van der Waals surface area contributed by atoms with Crippen LogP contribution >= 0.6 is 11.3 Å². The van der Waals surface area contributed by atoms with Gasteiger partial charge in [-0.2, -0.15) is 0 Å². The molecular formula is C12H14N4O2S. The summed E-state index contributed by atoms with van der Waals surface area (Å²) < 4.78 is 0.972. The third-order valence-corrected chi connectivity index (χ3v) is 4.40. The molecule has 100 valence electrons. The van der Waals surface area contributed by atoms with Crippen molar-refractivity contribution in [1.82, 2.24) is 4.98 Å². The number of aromatic nitrogens is 1. The van der Waals surface area contributed by atoms with E-state index in [-0.39, 0.29) is 11.7 Å². The Morgan fingerprint density at radius 2 is 2.37 bits per heavy atom. The number of fused-ring (bicyclic) bond motifs is 1. The second-order valence-corrected chi connectivity index (χ2v) is 5.76. The van der Waals surface area contributed by atoms with Crippen LogP contribution < -0.4 is 10.6 Å². The SMILES string of the molecule is N[C@H]1CCCN(c2nc3cc([N+](=O)[O-])ccc3s2)C1. The first-order valence-corrected chi connectivity index (χ1v) is 7.00. The van der Waals surface area contributed by atoms with E-state index in [0.717, 1.165) is 35.8 Å². The van der Waals surface area contributed by atoms with E-state index in [1.165, 1.54) is 12.1 Å². The Balaban J connectivity index is 1.94. The van der Waals surface area contributed by atoms with Crippen LogP contribution in [0, 0.1) is 10.1 Å². The molecule has 1 saturated heterocycles. The van der Waals surface area contributed by atoms with E-state index in [1.807, 2.05) is 0 Å². The van der Waals surface area contributed by atoms with Crippen molar-refractivity contribution in [2.75, 3.05) is 18.0 Å². The van der Waals surface area contributed by atoms with Crippen molar-refractivity contribution in [2.24, 2.45) is 5.73 Å². The molecule has 1 atom stereocenters. The van der Waals surface area contributed by atoms with Crippen LogP contribution in [-0.4, -0.2) is 29.0 Å². The molecule has 0 radical (unpaired) electrons. The third kappa shape index (κ3) is 2.39. The van der Waals surface area contributed by atoms with Crippen LogP contribution in [0.1, 0.15) is 12.8 Å². The van der Waals surface area contributed by atoms with E-state index >= 15 is 0 Å². The minimum atomic E-state index is -0.394. The molecule has 19 heavy (non-hydrogen) atoms. The number of piperidine rings is 1. The summed E-state index contributed by atoms with van der Waals surface area (Å²) in [7, 11) is 0. The summed E-state index contributed by atoms with van der Waals surface area (Å²) in [6.45, 7) is 1.76. The molecule has 0 spiro atoms. The Labute approximate surface area is 114 Å². The lowest BCUT2D eigenvalue weighted by molar-refractivity contribution is -0.384. The third-order valence-electron chi connectivity index (χ3n) is 3.30. The first-order chi connectivity index (χ1) is 9.13. The number of thiazole rings is 1. The number of hydrogen-bond donors (Lipinski definition) is 1. The van der Waals surface area contributed by atoms with Crippen molar-refractivity contribution in [1.29, 1.82) is 0 Å². The van der Waals surface area contributed by atoms with Gasteiger partial charge in [0.1, 0.15) is 0 Å². The number of nitrogens with two attached hydrogens (primary N) is 1. The fraction of sp³-hybridized carbons (Fsp3) is 0.417. The van der Waals surface area contributed by atoms with E-state index < -0.39 is 4.92 Å². The molecule has 3 rings (SSSR count). The second kappa shape index (κ2) is 4.75. The summed E-state index contributed by atoms with van der Waals surface area (Å²) in [5.74, 6) is 0. The van der Waals surface area contributed by atoms with Crippen molar-refractivity contribution in [3.05, 3.63) is 28.3 Å². The summed E-state index contributed by atoms with van der Waals surface area (Å²) in [5.41, 5.74) is 6.74. The highest BCUT2D eigenvalue weighted by Crippen LogP contribution is 2.32. The van der Waals surface area contributed by atoms with Crippen LogP contribution in [0.15, 0.2) is 18.2 Å². The monoisotopic (exact) mass is 278 g/mol. The smallest absolute Gasteiger partial charge is 0.271 e. The number of nitro groups is 1. The maximum absolute atomic E-state index is 10.8. The fourth-order valence-electron chi connectivity index (χ4n) is 2.34. The van der Waals surface area contributed by atoms with Gasteiger partial charge >= 0.3 is 0 Å². The first-order valence-electron chi connectivity index (χ1n) is 6.19. The Morgan fingerprint density at radius 3 is 3.11 bits per heavy atom. The molecular weight excluding hydrogens is 264 g/mol. The lowest BCUT2D eigenvalue weighted by Crippen LogP contribution is -2.42. The molecule has 6 nitrogen and oxygen atoms in total. The number of nitro benzene ring substituents is 1. The van der Waals surface area contributed by atoms with Crippen LogP contribution in [0.4, 0.5) is 10.8 Å². The molecule has 0 aliphatic carbocycles. The van der Waals surface area contributed by atoms with Gasteiger partial charge in [-0.25, -0.2) is 4.98 Å². The van der Waals surface area contributed by atoms with Gasteiger partial charge in [0.05, 0.1) is 15.1 Å². The Hall–Kier alpha value is -1.73. The molecule has 0 bridgehead atoms. The Kier molecular flexibility index (Phi) is 3.08. The lowest BCUT2D eigenvalue weighted by atomic mass is 10.1. The highest BCUT2D eigenvalue weighted by atomic mass is 32.1. The molecule has 1 aliphatic rings. The molecule has 2 aromatic rings. The van der Waals surface area contributed by atoms with Gasteiger partial charge in [-0.3, -0.25) is 10.1 Å². The zero-order valence-electron chi connectivity index (χ0n) is 10.3. The zero-order chi connectivity index (χ0) is 13.4. The van der Waals surface area contributed by atoms with E-state index in [0.29, 0.717) is 5.52 Å². The average molecular weight is 278 g/mol. The Morgan fingerprint density at radius 1 is 1.53 bits per heavy atom. The molecule has 1 aromatic heterocycles. The van der Waals surface area contributed by atoms with Crippen LogP contribution in [-0.2, 0) is 0 Å². The van der Waals surface area contributed by atoms with Gasteiger partial charge in [0.25, 0.3) is 5.69 Å². The lowest BCUT2D eigenvalue weighted by Gasteiger charge is -2.30. The molecule has 2 heterocycles. The van der Waals surface area contributed by atoms with Gasteiger partial charge in [0.15, 0.2) is 5.13 Å². The predicted octanol–water partition coefficient (Wildman–Crippen LogP) is 2.13. The van der Waals surface area contributed by atoms with Crippen molar-refractivity contribution < 1.29 is 4.92 Å². The van der Waals surface area contributed by atoms with E-state index in [1.54, 1.807) is 17.4 Å². The van der Waals surface area contributed by atoms with Gasteiger partial charge in [0.2, 0.25) is 0 Å². The van der Waals surface area contributed by atoms with Gasteiger partial charge < -0.3 is 10.6 Å². The quantitative estimate of drug-likeness (QED) is 0.672. The summed E-state index contributed by atoms with van der Waals surface area (Å²) in [5, 5.41) is 11.7. The van der Waals surface area contributed by atoms with E-state index in [9.17, 15) is 10.1 Å². The zero-order valence-corrected chi connectivity index (χ0v) is 11.1. The summed E-state index contributed by atoms with van der Waals surface area (Å²) in [4.78, 5) is 17.0. The highest BCUT2D eigenvalue weighted by Gasteiger charge is 2.20. The minimum Gasteiger partial charge on any atom is -0.347 e. The van der Waals surface area contributed by atoms with Gasteiger partial charge in [0, 0.05) is 31.3 Å². The van der Waals surface area contributed by atoms with Crippen molar-refractivity contribution >= 4 is 32.4 Å². The molecule has 1 aliphatic heterocycles. The van der Waals surface area contributed by atoms with E-state index in [2.05, 4.69) is 9.88 Å². The molecule has 2 N–H and O–H groups in total. The van der Waals surface area contributed by atoms with Crippen LogP contribution in [0.5, 0.6) is 0 Å². The number of non-ortho nitro benzene ring substituents is 1. The maximum Gasteiger partial charge on any atom is 0.271 e. The molecule has 0 unspecified atom stereocenters. The highest BCUT2D eigenvalue weighted by molar-refractivity contribution is 7.22. The molecule has 0 saturated carbocycles. The normalized spacial score (nSPS) is 19.8. The average Bonchev–Trinajstić information content (AvgIpc) is 2.81. The predicted molar refractivity (Wildman–Crippen MR) is 75.7 cm³/mol. The molecule has 1 aromatic carbocycles. The summed E-state index contributed by atoms with van der Waals surface area (Å²) >= 11 is 1.56. The van der Waals surface area contributed by atoms with Crippen molar-refractivity contribution in [3.8, 4) is 0 Å². The van der Waals surface area contributed by atoms with Gasteiger partial charge in [-0.1, -0.05) is 11.3 Å². The van der Waals surface area contributed by atoms with Crippen LogP contribution in [0.2, 0.25) is 0 Å². The summed E-state index contributed by atoms with van der Waals surface area (Å²) in [6.07, 6.45) is 2.12. The minimum absolute atomic E-state index is 0.0831. The number of nitrogens with zero attached hydrogens (tertiary/aromatic N) is 3. The molecule has 1 fully saturated rings. The van der Waals surface area contributed by atoms with Crippen molar-refractivity contribution in [2.45, 2.75) is 18.9 Å². The number of benzene rings is 1. The van der Waals surface area contributed by atoms with E-state index in [4.69, 9.17) is 5.73 Å². The second-order valence-electron chi connectivity index (χ2n) is 4.75. The van der Waals surface area contributed by atoms with Crippen LogP contribution in [0.25, 0.3) is 10.2 Å². The van der Waals surface area contributed by atoms with Crippen molar-refractivity contribution in [3.63, 3.8) is 0 Å². The van der Waals surface area contributed by atoms with Crippen LogP contribution in [0.3, 0.4) is 0 Å². The van der Waals surface area contributed by atoms with Gasteiger partial charge in [-0.05, 0) is 18.9 Å². The Bertz CT molecular complexity index is 627. The molecule has 0 amide bonds. The summed E-state index contributed by atoms with van der Waals surface area (Å²) in [6, 6.07) is 5.00. The molecule has 7 heteroatoms. The fourth-order valence-corrected chi connectivity index (χ4v) is 3.32. The number of anilines is 1. The van der Waals surface area contributed by atoms with Gasteiger partial charge in [-0.15, -0.1) is 0 Å². The number of hydrogen-bond acceptors (Lipinski definition) is 6. The maximum atomic E-state index is 10.8. The number of rotatable bonds is 2. The topological polar surface area (TPSA) is 85.3 Å². The largest absolute Gasteiger partial charge is 0.347 e. The first kappa shape index (κ1) is 12.3.